The summed E-state index contributed by atoms with van der Waals surface area (Å²) < 4.78 is 0. The maximum Gasteiger partial charge on any atom is 0.0703 e. The molecule has 0 amide bonds. The smallest absolute Gasteiger partial charge is 0.0703 e. The first-order valence-corrected chi connectivity index (χ1v) is 7.05. The zero-order valence-corrected chi connectivity index (χ0v) is 10.6. The van der Waals surface area contributed by atoms with E-state index in [2.05, 4.69) is 22.5 Å². The fourth-order valence-corrected chi connectivity index (χ4v) is 3.29. The van der Waals surface area contributed by atoms with Crippen LogP contribution in [0.15, 0.2) is 41.1 Å². The molecule has 0 aliphatic carbocycles. The summed E-state index contributed by atoms with van der Waals surface area (Å²) in [5.74, 6) is 0. The van der Waals surface area contributed by atoms with Crippen LogP contribution in [0.3, 0.4) is 0 Å². The van der Waals surface area contributed by atoms with Gasteiger partial charge in [0.05, 0.1) is 27.7 Å². The van der Waals surface area contributed by atoms with Crippen molar-refractivity contribution in [2.45, 2.75) is 6.61 Å². The van der Waals surface area contributed by atoms with E-state index in [0.29, 0.717) is 0 Å². The van der Waals surface area contributed by atoms with Gasteiger partial charge in [-0.05, 0) is 29.0 Å². The lowest BCUT2D eigenvalue weighted by atomic mass is 10.2. The lowest BCUT2D eigenvalue weighted by molar-refractivity contribution is 0.282. The molecular formula is C13H11NOS2. The van der Waals surface area contributed by atoms with E-state index in [9.17, 15) is 5.11 Å². The van der Waals surface area contributed by atoms with Gasteiger partial charge in [-0.25, -0.2) is 0 Å². The van der Waals surface area contributed by atoms with Gasteiger partial charge in [0, 0.05) is 5.56 Å². The van der Waals surface area contributed by atoms with E-state index in [1.807, 2.05) is 23.6 Å². The second-order valence-electron chi connectivity index (χ2n) is 3.70. The molecule has 3 rings (SSSR count). The normalized spacial score (nSPS) is 10.9. The number of thiophene rings is 2. The Balaban J connectivity index is 2.10. The molecule has 86 valence electrons. The number of H-pyrrole nitrogens is 1. The minimum atomic E-state index is 0.0646. The summed E-state index contributed by atoms with van der Waals surface area (Å²) in [6, 6.07) is 10.2. The largest absolute Gasteiger partial charge is 0.392 e. The van der Waals surface area contributed by atoms with Gasteiger partial charge in [0.1, 0.15) is 0 Å². The first-order valence-electron chi connectivity index (χ1n) is 5.29. The Labute approximate surface area is 107 Å². The van der Waals surface area contributed by atoms with Crippen molar-refractivity contribution in [3.05, 3.63) is 46.7 Å². The van der Waals surface area contributed by atoms with Crippen molar-refractivity contribution in [3.63, 3.8) is 0 Å². The van der Waals surface area contributed by atoms with E-state index >= 15 is 0 Å². The van der Waals surface area contributed by atoms with Crippen molar-refractivity contribution in [1.82, 2.24) is 4.98 Å². The third-order valence-corrected chi connectivity index (χ3v) is 4.41. The standard InChI is InChI=1S/C13H11NOS2/c15-8-9-7-10(11-3-1-5-16-11)14-13(9)12-4-2-6-17-12/h1-7,14-15H,8H2. The minimum Gasteiger partial charge on any atom is -0.392 e. The van der Waals surface area contributed by atoms with Gasteiger partial charge in [0.25, 0.3) is 0 Å². The molecule has 17 heavy (non-hydrogen) atoms. The monoisotopic (exact) mass is 261 g/mol. The topological polar surface area (TPSA) is 36.0 Å². The minimum absolute atomic E-state index is 0.0646. The van der Waals surface area contributed by atoms with Crippen molar-refractivity contribution in [3.8, 4) is 21.1 Å². The summed E-state index contributed by atoms with van der Waals surface area (Å²) in [5.41, 5.74) is 3.06. The number of hydrogen-bond acceptors (Lipinski definition) is 3. The highest BCUT2D eigenvalue weighted by Crippen LogP contribution is 2.33. The molecular weight excluding hydrogens is 250 g/mol. The Morgan fingerprint density at radius 2 is 1.76 bits per heavy atom. The molecule has 0 aliphatic rings. The molecule has 0 aliphatic heterocycles. The summed E-state index contributed by atoms with van der Waals surface area (Å²) in [7, 11) is 0. The first kappa shape index (κ1) is 10.8. The Kier molecular flexibility index (Phi) is 2.84. The lowest BCUT2D eigenvalue weighted by Crippen LogP contribution is -1.82. The molecule has 0 fully saturated rings. The number of aliphatic hydroxyl groups is 1. The van der Waals surface area contributed by atoms with Gasteiger partial charge in [-0.2, -0.15) is 0 Å². The Morgan fingerprint density at radius 1 is 1.06 bits per heavy atom. The molecule has 0 spiro atoms. The summed E-state index contributed by atoms with van der Waals surface area (Å²) in [4.78, 5) is 5.76. The molecule has 2 nitrogen and oxygen atoms in total. The molecule has 0 unspecified atom stereocenters. The summed E-state index contributed by atoms with van der Waals surface area (Å²) in [5, 5.41) is 13.5. The SMILES string of the molecule is OCc1cc(-c2cccs2)[nH]c1-c1cccs1. The van der Waals surface area contributed by atoms with E-state index in [1.54, 1.807) is 22.7 Å². The van der Waals surface area contributed by atoms with Crippen LogP contribution in [-0.2, 0) is 6.61 Å². The van der Waals surface area contributed by atoms with Crippen LogP contribution < -0.4 is 0 Å². The van der Waals surface area contributed by atoms with Crippen molar-refractivity contribution < 1.29 is 5.11 Å². The van der Waals surface area contributed by atoms with Crippen molar-refractivity contribution in [1.29, 1.82) is 0 Å². The Hall–Kier alpha value is -1.36. The van der Waals surface area contributed by atoms with E-state index in [4.69, 9.17) is 0 Å². The summed E-state index contributed by atoms with van der Waals surface area (Å²) >= 11 is 3.37. The van der Waals surface area contributed by atoms with Gasteiger partial charge in [-0.3, -0.25) is 0 Å². The number of hydrogen-bond donors (Lipinski definition) is 2. The number of rotatable bonds is 3. The molecule has 0 saturated carbocycles. The lowest BCUT2D eigenvalue weighted by Gasteiger charge is -1.96. The highest BCUT2D eigenvalue weighted by molar-refractivity contribution is 7.14. The third-order valence-electron chi connectivity index (χ3n) is 2.62. The van der Waals surface area contributed by atoms with Gasteiger partial charge in [0.15, 0.2) is 0 Å². The van der Waals surface area contributed by atoms with Gasteiger partial charge in [0.2, 0.25) is 0 Å². The zero-order valence-electron chi connectivity index (χ0n) is 9.01. The average Bonchev–Trinajstić information content (AvgIpc) is 3.09. The second kappa shape index (κ2) is 4.49. The molecule has 3 heterocycles. The maximum absolute atomic E-state index is 9.42. The van der Waals surface area contributed by atoms with Crippen LogP contribution in [0.1, 0.15) is 5.56 Å². The first-order chi connectivity index (χ1) is 8.38. The predicted molar refractivity (Wildman–Crippen MR) is 73.3 cm³/mol. The van der Waals surface area contributed by atoms with E-state index < -0.39 is 0 Å². The molecule has 0 radical (unpaired) electrons. The van der Waals surface area contributed by atoms with Gasteiger partial charge >= 0.3 is 0 Å². The van der Waals surface area contributed by atoms with Crippen molar-refractivity contribution >= 4 is 22.7 Å². The molecule has 0 aromatic carbocycles. The van der Waals surface area contributed by atoms with Crippen LogP contribution in [-0.4, -0.2) is 10.1 Å². The quantitative estimate of drug-likeness (QED) is 0.735. The summed E-state index contributed by atoms with van der Waals surface area (Å²) in [6.07, 6.45) is 0. The highest BCUT2D eigenvalue weighted by atomic mass is 32.1. The van der Waals surface area contributed by atoms with Crippen molar-refractivity contribution in [2.75, 3.05) is 0 Å². The molecule has 3 aromatic rings. The predicted octanol–water partition coefficient (Wildman–Crippen LogP) is 3.96. The average molecular weight is 261 g/mol. The van der Waals surface area contributed by atoms with Crippen LogP contribution in [0, 0.1) is 0 Å². The number of aromatic nitrogens is 1. The molecule has 0 saturated heterocycles. The highest BCUT2D eigenvalue weighted by Gasteiger charge is 2.11. The van der Waals surface area contributed by atoms with Gasteiger partial charge < -0.3 is 10.1 Å². The van der Waals surface area contributed by atoms with Crippen LogP contribution in [0.25, 0.3) is 21.1 Å². The fraction of sp³-hybridized carbons (Fsp3) is 0.0769. The molecule has 3 aromatic heterocycles. The third kappa shape index (κ3) is 1.95. The zero-order chi connectivity index (χ0) is 11.7. The van der Waals surface area contributed by atoms with E-state index in [-0.39, 0.29) is 6.61 Å². The Bertz CT molecular complexity index is 593. The van der Waals surface area contributed by atoms with Crippen LogP contribution in [0.4, 0.5) is 0 Å². The van der Waals surface area contributed by atoms with Crippen molar-refractivity contribution in [2.24, 2.45) is 0 Å². The Morgan fingerprint density at radius 3 is 2.35 bits per heavy atom. The van der Waals surface area contributed by atoms with Crippen LogP contribution >= 0.6 is 22.7 Å². The van der Waals surface area contributed by atoms with Crippen LogP contribution in [0.2, 0.25) is 0 Å². The molecule has 0 bridgehead atoms. The molecule has 0 atom stereocenters. The fourth-order valence-electron chi connectivity index (χ4n) is 1.83. The van der Waals surface area contributed by atoms with E-state index in [0.717, 1.165) is 21.8 Å². The number of nitrogens with one attached hydrogen (secondary N) is 1. The van der Waals surface area contributed by atoms with E-state index in [1.165, 1.54) is 4.88 Å². The molecule has 2 N–H and O–H groups in total. The maximum atomic E-state index is 9.42. The second-order valence-corrected chi connectivity index (χ2v) is 5.59. The van der Waals surface area contributed by atoms with Gasteiger partial charge in [-0.1, -0.05) is 12.1 Å². The number of aliphatic hydroxyl groups excluding tert-OH is 1. The van der Waals surface area contributed by atoms with Gasteiger partial charge in [-0.15, -0.1) is 22.7 Å². The number of aromatic amines is 1. The van der Waals surface area contributed by atoms with Crippen LogP contribution in [0.5, 0.6) is 0 Å². The summed E-state index contributed by atoms with van der Waals surface area (Å²) in [6.45, 7) is 0.0646. The molecule has 4 heteroatoms.